The smallest absolute Gasteiger partial charge is 0.317 e. The number of carbonyl (C=O) groups excluding carboxylic acids is 2. The van der Waals surface area contributed by atoms with Crippen molar-refractivity contribution in [3.63, 3.8) is 0 Å². The van der Waals surface area contributed by atoms with Gasteiger partial charge in [0.15, 0.2) is 0 Å². The molecule has 1 atom stereocenters. The maximum Gasteiger partial charge on any atom is 0.317 e. The Labute approximate surface area is 207 Å². The number of aromatic nitrogens is 1. The van der Waals surface area contributed by atoms with Gasteiger partial charge in [0.1, 0.15) is 0 Å². The standard InChI is InChI=1S/C27H34N6O2/c1-4-24-8-7-22(15-29-24)26(34)31-25-12-21(13-28)11-23(19(25)3)17-32-9-10-33(18(2)16-32)27(35)30-14-20-5-6-20/h7-8,11-12,15,18,20H,4-6,9-10,14,16-17H2,1-3H3,(H,30,35)(H,31,34)/t18-/m0/s1. The number of nitrogens with one attached hydrogen (secondary N) is 2. The monoisotopic (exact) mass is 474 g/mol. The van der Waals surface area contributed by atoms with Crippen LogP contribution in [-0.4, -0.2) is 58.9 Å². The first-order chi connectivity index (χ1) is 16.9. The zero-order valence-electron chi connectivity index (χ0n) is 20.8. The van der Waals surface area contributed by atoms with E-state index in [2.05, 4.69) is 33.5 Å². The SMILES string of the molecule is CCc1ccc(C(=O)Nc2cc(C#N)cc(CN3CCN(C(=O)NCC4CC4)[C@@H](C)C3)c2C)cn1. The van der Waals surface area contributed by atoms with Crippen molar-refractivity contribution < 1.29 is 9.59 Å². The van der Waals surface area contributed by atoms with Gasteiger partial charge in [-0.1, -0.05) is 6.92 Å². The van der Waals surface area contributed by atoms with Gasteiger partial charge in [0.05, 0.1) is 17.2 Å². The third-order valence-corrected chi connectivity index (χ3v) is 6.95. The van der Waals surface area contributed by atoms with Crippen LogP contribution in [0.1, 0.15) is 59.4 Å². The van der Waals surface area contributed by atoms with Crippen molar-refractivity contribution in [3.8, 4) is 6.07 Å². The van der Waals surface area contributed by atoms with Crippen molar-refractivity contribution in [1.29, 1.82) is 5.26 Å². The third-order valence-electron chi connectivity index (χ3n) is 6.95. The van der Waals surface area contributed by atoms with E-state index >= 15 is 0 Å². The van der Waals surface area contributed by atoms with Crippen molar-refractivity contribution in [2.75, 3.05) is 31.5 Å². The summed E-state index contributed by atoms with van der Waals surface area (Å²) < 4.78 is 0. The lowest BCUT2D eigenvalue weighted by Gasteiger charge is -2.40. The number of piperazine rings is 1. The quantitative estimate of drug-likeness (QED) is 0.637. The summed E-state index contributed by atoms with van der Waals surface area (Å²) in [6.07, 6.45) is 4.83. The maximum absolute atomic E-state index is 12.8. The molecule has 2 fully saturated rings. The van der Waals surface area contributed by atoms with Crippen LogP contribution in [0.5, 0.6) is 0 Å². The van der Waals surface area contributed by atoms with Crippen molar-refractivity contribution in [2.24, 2.45) is 5.92 Å². The molecule has 0 radical (unpaired) electrons. The number of hydrogen-bond donors (Lipinski definition) is 2. The molecule has 1 saturated carbocycles. The number of amides is 3. The van der Waals surface area contributed by atoms with Gasteiger partial charge in [-0.25, -0.2) is 4.79 Å². The summed E-state index contributed by atoms with van der Waals surface area (Å²) in [5.74, 6) is 0.413. The molecule has 184 valence electrons. The molecule has 2 heterocycles. The van der Waals surface area contributed by atoms with Gasteiger partial charge in [0, 0.05) is 56.3 Å². The zero-order valence-corrected chi connectivity index (χ0v) is 20.8. The average Bonchev–Trinajstić information content (AvgIpc) is 3.69. The largest absolute Gasteiger partial charge is 0.338 e. The van der Waals surface area contributed by atoms with Crippen LogP contribution in [0.3, 0.4) is 0 Å². The highest BCUT2D eigenvalue weighted by molar-refractivity contribution is 6.04. The van der Waals surface area contributed by atoms with Crippen LogP contribution in [0.25, 0.3) is 0 Å². The van der Waals surface area contributed by atoms with Crippen LogP contribution in [0.15, 0.2) is 30.5 Å². The molecule has 1 aliphatic heterocycles. The Morgan fingerprint density at radius 1 is 1.23 bits per heavy atom. The van der Waals surface area contributed by atoms with Crippen molar-refractivity contribution in [1.82, 2.24) is 20.1 Å². The van der Waals surface area contributed by atoms with E-state index in [-0.39, 0.29) is 18.0 Å². The van der Waals surface area contributed by atoms with E-state index in [1.807, 2.05) is 30.9 Å². The molecule has 0 bridgehead atoms. The van der Waals surface area contributed by atoms with Gasteiger partial charge < -0.3 is 15.5 Å². The normalized spacial score (nSPS) is 18.1. The molecule has 3 amide bonds. The molecule has 8 nitrogen and oxygen atoms in total. The van der Waals surface area contributed by atoms with Gasteiger partial charge in [-0.05, 0) is 74.4 Å². The Morgan fingerprint density at radius 2 is 2.03 bits per heavy atom. The van der Waals surface area contributed by atoms with Crippen molar-refractivity contribution >= 4 is 17.6 Å². The van der Waals surface area contributed by atoms with Gasteiger partial charge in [-0.3, -0.25) is 14.7 Å². The average molecular weight is 475 g/mol. The Morgan fingerprint density at radius 3 is 2.66 bits per heavy atom. The highest BCUT2D eigenvalue weighted by Crippen LogP contribution is 2.28. The lowest BCUT2D eigenvalue weighted by Crippen LogP contribution is -2.56. The summed E-state index contributed by atoms with van der Waals surface area (Å²) in [7, 11) is 0. The molecule has 0 spiro atoms. The number of urea groups is 1. The fourth-order valence-corrected chi connectivity index (χ4v) is 4.47. The fraction of sp³-hybridized carbons (Fsp3) is 0.481. The number of nitriles is 1. The molecule has 1 saturated heterocycles. The minimum atomic E-state index is -0.247. The van der Waals surface area contributed by atoms with Gasteiger partial charge >= 0.3 is 6.03 Å². The van der Waals surface area contributed by atoms with E-state index in [1.165, 1.54) is 12.8 Å². The van der Waals surface area contributed by atoms with E-state index < -0.39 is 0 Å². The predicted octanol–water partition coefficient (Wildman–Crippen LogP) is 3.70. The minimum Gasteiger partial charge on any atom is -0.338 e. The lowest BCUT2D eigenvalue weighted by atomic mass is 10.0. The molecule has 0 unspecified atom stereocenters. The summed E-state index contributed by atoms with van der Waals surface area (Å²) >= 11 is 0. The van der Waals surface area contributed by atoms with Crippen LogP contribution >= 0.6 is 0 Å². The number of anilines is 1. The van der Waals surface area contributed by atoms with Gasteiger partial charge in [0.2, 0.25) is 0 Å². The number of carbonyl (C=O) groups is 2. The molecule has 35 heavy (non-hydrogen) atoms. The van der Waals surface area contributed by atoms with Crippen LogP contribution in [0.4, 0.5) is 10.5 Å². The molecule has 2 aromatic rings. The summed E-state index contributed by atoms with van der Waals surface area (Å²) in [5, 5.41) is 15.6. The molecule has 8 heteroatoms. The van der Waals surface area contributed by atoms with Crippen LogP contribution in [0, 0.1) is 24.2 Å². The second kappa shape index (κ2) is 10.9. The fourth-order valence-electron chi connectivity index (χ4n) is 4.47. The third kappa shape index (κ3) is 6.17. The summed E-state index contributed by atoms with van der Waals surface area (Å²) in [6, 6.07) is 9.57. The van der Waals surface area contributed by atoms with E-state index in [4.69, 9.17) is 0 Å². The van der Waals surface area contributed by atoms with Gasteiger partial charge in [-0.15, -0.1) is 0 Å². The summed E-state index contributed by atoms with van der Waals surface area (Å²) in [5.41, 5.74) is 4.49. The minimum absolute atomic E-state index is 0.0261. The predicted molar refractivity (Wildman–Crippen MR) is 135 cm³/mol. The molecule has 1 aromatic carbocycles. The number of pyridine rings is 1. The number of aryl methyl sites for hydroxylation is 1. The summed E-state index contributed by atoms with van der Waals surface area (Å²) in [6.45, 7) is 9.67. The molecule has 2 N–H and O–H groups in total. The Kier molecular flexibility index (Phi) is 7.67. The van der Waals surface area contributed by atoms with Crippen molar-refractivity contribution in [2.45, 2.75) is 52.6 Å². The maximum atomic E-state index is 12.8. The van der Waals surface area contributed by atoms with Gasteiger partial charge in [0.25, 0.3) is 5.91 Å². The van der Waals surface area contributed by atoms with Gasteiger partial charge in [-0.2, -0.15) is 5.26 Å². The number of nitrogens with zero attached hydrogens (tertiary/aromatic N) is 4. The van der Waals surface area contributed by atoms with Crippen LogP contribution in [-0.2, 0) is 13.0 Å². The van der Waals surface area contributed by atoms with Crippen molar-refractivity contribution in [3.05, 3.63) is 58.4 Å². The van der Waals surface area contributed by atoms with Crippen LogP contribution in [0.2, 0.25) is 0 Å². The highest BCUT2D eigenvalue weighted by atomic mass is 16.2. The zero-order chi connectivity index (χ0) is 24.9. The number of rotatable bonds is 7. The van der Waals surface area contributed by atoms with E-state index in [9.17, 15) is 14.9 Å². The molecular weight excluding hydrogens is 440 g/mol. The summed E-state index contributed by atoms with van der Waals surface area (Å²) in [4.78, 5) is 33.9. The van der Waals surface area contributed by atoms with E-state index in [0.717, 1.165) is 42.9 Å². The second-order valence-electron chi connectivity index (χ2n) is 9.67. The lowest BCUT2D eigenvalue weighted by molar-refractivity contribution is 0.0973. The molecule has 1 aromatic heterocycles. The molecule has 1 aliphatic carbocycles. The first-order valence-electron chi connectivity index (χ1n) is 12.4. The van der Waals surface area contributed by atoms with E-state index in [1.54, 1.807) is 18.3 Å². The number of benzene rings is 1. The van der Waals surface area contributed by atoms with Crippen LogP contribution < -0.4 is 10.6 Å². The number of hydrogen-bond acceptors (Lipinski definition) is 5. The Balaban J connectivity index is 1.42. The first kappa shape index (κ1) is 24.7. The molecule has 4 rings (SSSR count). The Bertz CT molecular complexity index is 1120. The molecular formula is C27H34N6O2. The Hall–Kier alpha value is -3.44. The van der Waals surface area contributed by atoms with E-state index in [0.29, 0.717) is 35.8 Å². The highest BCUT2D eigenvalue weighted by Gasteiger charge is 2.29. The topological polar surface area (TPSA) is 101 Å². The first-order valence-corrected chi connectivity index (χ1v) is 12.4. The molecule has 2 aliphatic rings. The second-order valence-corrected chi connectivity index (χ2v) is 9.67.